The molecule has 0 aliphatic rings. The van der Waals surface area contributed by atoms with Gasteiger partial charge in [-0.2, -0.15) is 5.26 Å². The SMILES string of the molecule is COc1ccccc1C(=O)NCC(=O)OCC(=O)Nc1ccc(CC#N)cc1. The van der Waals surface area contributed by atoms with E-state index >= 15 is 0 Å². The molecule has 0 atom stereocenters. The predicted octanol–water partition coefficient (Wildman–Crippen LogP) is 1.67. The van der Waals surface area contributed by atoms with Crippen LogP contribution >= 0.6 is 0 Å². The molecule has 28 heavy (non-hydrogen) atoms. The fraction of sp³-hybridized carbons (Fsp3) is 0.200. The minimum Gasteiger partial charge on any atom is -0.496 e. The molecule has 2 rings (SSSR count). The molecule has 8 nitrogen and oxygen atoms in total. The van der Waals surface area contributed by atoms with Crippen LogP contribution in [0.4, 0.5) is 5.69 Å². The van der Waals surface area contributed by atoms with Crippen LogP contribution in [0.15, 0.2) is 48.5 Å². The number of nitrogens with zero attached hydrogens (tertiary/aromatic N) is 1. The molecule has 2 aromatic carbocycles. The van der Waals surface area contributed by atoms with E-state index in [0.29, 0.717) is 11.4 Å². The number of benzene rings is 2. The van der Waals surface area contributed by atoms with E-state index in [-0.39, 0.29) is 18.5 Å². The summed E-state index contributed by atoms with van der Waals surface area (Å²) in [6, 6.07) is 15.4. The van der Waals surface area contributed by atoms with Crippen molar-refractivity contribution in [2.45, 2.75) is 6.42 Å². The third kappa shape index (κ3) is 6.14. The molecule has 0 spiro atoms. The number of esters is 1. The van der Waals surface area contributed by atoms with E-state index in [4.69, 9.17) is 14.7 Å². The van der Waals surface area contributed by atoms with Crippen LogP contribution in [0.5, 0.6) is 5.75 Å². The molecular formula is C20H19N3O5. The van der Waals surface area contributed by atoms with Crippen LogP contribution in [-0.2, 0) is 20.7 Å². The number of nitriles is 1. The van der Waals surface area contributed by atoms with Crippen molar-refractivity contribution in [1.29, 1.82) is 5.26 Å². The van der Waals surface area contributed by atoms with Gasteiger partial charge in [-0.05, 0) is 29.8 Å². The Balaban J connectivity index is 1.75. The van der Waals surface area contributed by atoms with Gasteiger partial charge in [0, 0.05) is 5.69 Å². The van der Waals surface area contributed by atoms with Crippen molar-refractivity contribution in [3.63, 3.8) is 0 Å². The van der Waals surface area contributed by atoms with Crippen LogP contribution in [0.3, 0.4) is 0 Å². The minimum atomic E-state index is -0.747. The van der Waals surface area contributed by atoms with Gasteiger partial charge in [0.05, 0.1) is 25.2 Å². The second kappa shape index (κ2) is 10.3. The second-order valence-corrected chi connectivity index (χ2v) is 5.62. The molecule has 0 aliphatic carbocycles. The lowest BCUT2D eigenvalue weighted by molar-refractivity contribution is -0.146. The summed E-state index contributed by atoms with van der Waals surface area (Å²) in [5, 5.41) is 13.6. The first-order valence-electron chi connectivity index (χ1n) is 8.36. The summed E-state index contributed by atoms with van der Waals surface area (Å²) in [5.74, 6) is -1.37. The van der Waals surface area contributed by atoms with Gasteiger partial charge in [-0.1, -0.05) is 24.3 Å². The first kappa shape index (κ1) is 20.5. The summed E-state index contributed by atoms with van der Waals surface area (Å²) in [4.78, 5) is 35.6. The van der Waals surface area contributed by atoms with Crippen LogP contribution in [-0.4, -0.2) is 38.0 Å². The first-order valence-corrected chi connectivity index (χ1v) is 8.36. The highest BCUT2D eigenvalue weighted by molar-refractivity contribution is 5.98. The summed E-state index contributed by atoms with van der Waals surface area (Å²) in [6.07, 6.45) is 0.284. The molecule has 144 valence electrons. The van der Waals surface area contributed by atoms with Gasteiger partial charge < -0.3 is 20.1 Å². The number of hydrogen-bond acceptors (Lipinski definition) is 6. The lowest BCUT2D eigenvalue weighted by atomic mass is 10.1. The number of methoxy groups -OCH3 is 1. The largest absolute Gasteiger partial charge is 0.496 e. The van der Waals surface area contributed by atoms with Gasteiger partial charge in [0.15, 0.2) is 6.61 Å². The van der Waals surface area contributed by atoms with E-state index in [9.17, 15) is 14.4 Å². The fourth-order valence-electron chi connectivity index (χ4n) is 2.27. The Morgan fingerprint density at radius 1 is 1.07 bits per heavy atom. The van der Waals surface area contributed by atoms with Crippen LogP contribution in [0.1, 0.15) is 15.9 Å². The number of carbonyl (C=O) groups is 3. The second-order valence-electron chi connectivity index (χ2n) is 5.62. The van der Waals surface area contributed by atoms with Crippen LogP contribution in [0.2, 0.25) is 0 Å². The van der Waals surface area contributed by atoms with E-state index in [1.165, 1.54) is 7.11 Å². The molecule has 0 bridgehead atoms. The highest BCUT2D eigenvalue weighted by atomic mass is 16.5. The zero-order valence-electron chi connectivity index (χ0n) is 15.2. The molecule has 2 aromatic rings. The van der Waals surface area contributed by atoms with Gasteiger partial charge in [0.2, 0.25) is 0 Å². The van der Waals surface area contributed by atoms with Crippen molar-refractivity contribution in [3.8, 4) is 11.8 Å². The predicted molar refractivity (Wildman–Crippen MR) is 101 cm³/mol. The van der Waals surface area contributed by atoms with Crippen molar-refractivity contribution >= 4 is 23.5 Å². The maximum absolute atomic E-state index is 12.1. The van der Waals surface area contributed by atoms with Gasteiger partial charge >= 0.3 is 5.97 Å². The molecule has 0 aromatic heterocycles. The van der Waals surface area contributed by atoms with E-state index < -0.39 is 24.4 Å². The van der Waals surface area contributed by atoms with Crippen molar-refractivity contribution in [2.75, 3.05) is 25.6 Å². The number of carbonyl (C=O) groups excluding carboxylic acids is 3. The van der Waals surface area contributed by atoms with Crippen LogP contribution < -0.4 is 15.4 Å². The van der Waals surface area contributed by atoms with Gasteiger partial charge in [-0.15, -0.1) is 0 Å². The van der Waals surface area contributed by atoms with Gasteiger partial charge in [0.25, 0.3) is 11.8 Å². The van der Waals surface area contributed by atoms with Crippen LogP contribution in [0.25, 0.3) is 0 Å². The van der Waals surface area contributed by atoms with E-state index in [1.807, 2.05) is 6.07 Å². The zero-order valence-corrected chi connectivity index (χ0v) is 15.2. The summed E-state index contributed by atoms with van der Waals surface area (Å²) in [5.41, 5.74) is 1.64. The Morgan fingerprint density at radius 2 is 1.79 bits per heavy atom. The Morgan fingerprint density at radius 3 is 2.46 bits per heavy atom. The highest BCUT2D eigenvalue weighted by Crippen LogP contribution is 2.16. The van der Waals surface area contributed by atoms with Gasteiger partial charge in [0.1, 0.15) is 12.3 Å². The smallest absolute Gasteiger partial charge is 0.325 e. The van der Waals surface area contributed by atoms with Crippen molar-refractivity contribution in [3.05, 3.63) is 59.7 Å². The lowest BCUT2D eigenvalue weighted by Crippen LogP contribution is -2.32. The maximum atomic E-state index is 12.1. The molecule has 0 heterocycles. The van der Waals surface area contributed by atoms with E-state index in [0.717, 1.165) is 5.56 Å². The van der Waals surface area contributed by atoms with E-state index in [2.05, 4.69) is 10.6 Å². The first-order chi connectivity index (χ1) is 13.5. The standard InChI is InChI=1S/C20H19N3O5/c1-27-17-5-3-2-4-16(17)20(26)22-12-19(25)28-13-18(24)23-15-8-6-14(7-9-15)10-11-21/h2-9H,10,12-13H2,1H3,(H,22,26)(H,23,24). The normalized spacial score (nSPS) is 9.71. The number of para-hydroxylation sites is 1. The molecule has 0 fully saturated rings. The van der Waals surface area contributed by atoms with E-state index in [1.54, 1.807) is 48.5 Å². The molecular weight excluding hydrogens is 362 g/mol. The van der Waals surface area contributed by atoms with Crippen molar-refractivity contribution < 1.29 is 23.9 Å². The number of rotatable bonds is 8. The summed E-state index contributed by atoms with van der Waals surface area (Å²) < 4.78 is 9.93. The Kier molecular flexibility index (Phi) is 7.54. The molecule has 8 heteroatoms. The summed E-state index contributed by atoms with van der Waals surface area (Å²) in [6.45, 7) is -0.865. The molecule has 2 amide bonds. The molecule has 0 saturated carbocycles. The number of anilines is 1. The number of nitrogens with one attached hydrogen (secondary N) is 2. The monoisotopic (exact) mass is 381 g/mol. The topological polar surface area (TPSA) is 118 Å². The number of hydrogen-bond donors (Lipinski definition) is 2. The maximum Gasteiger partial charge on any atom is 0.325 e. The Hall–Kier alpha value is -3.86. The zero-order chi connectivity index (χ0) is 20.4. The molecule has 0 unspecified atom stereocenters. The minimum absolute atomic E-state index is 0.284. The summed E-state index contributed by atoms with van der Waals surface area (Å²) >= 11 is 0. The third-order valence-corrected chi connectivity index (χ3v) is 3.63. The number of amides is 2. The Labute approximate surface area is 162 Å². The number of ether oxygens (including phenoxy) is 2. The third-order valence-electron chi connectivity index (χ3n) is 3.63. The lowest BCUT2D eigenvalue weighted by Gasteiger charge is -2.09. The molecule has 0 aliphatic heterocycles. The molecule has 0 radical (unpaired) electrons. The molecule has 0 saturated heterocycles. The molecule has 2 N–H and O–H groups in total. The fourth-order valence-corrected chi connectivity index (χ4v) is 2.27. The van der Waals surface area contributed by atoms with Crippen molar-refractivity contribution in [1.82, 2.24) is 5.32 Å². The van der Waals surface area contributed by atoms with Crippen molar-refractivity contribution in [2.24, 2.45) is 0 Å². The Bertz CT molecular complexity index is 887. The summed E-state index contributed by atoms with van der Waals surface area (Å²) in [7, 11) is 1.44. The average molecular weight is 381 g/mol. The highest BCUT2D eigenvalue weighted by Gasteiger charge is 2.14. The van der Waals surface area contributed by atoms with Gasteiger partial charge in [-0.25, -0.2) is 0 Å². The quantitative estimate of drug-likeness (QED) is 0.672. The average Bonchev–Trinajstić information content (AvgIpc) is 2.72. The van der Waals surface area contributed by atoms with Crippen LogP contribution in [0, 0.1) is 11.3 Å². The van der Waals surface area contributed by atoms with Gasteiger partial charge in [-0.3, -0.25) is 14.4 Å².